The molecule has 0 spiro atoms. The van der Waals surface area contributed by atoms with Gasteiger partial charge in [-0.1, -0.05) is 30.3 Å². The third kappa shape index (κ3) is 2.37. The van der Waals surface area contributed by atoms with Crippen molar-refractivity contribution in [1.29, 1.82) is 0 Å². The van der Waals surface area contributed by atoms with Gasteiger partial charge in [-0.05, 0) is 29.8 Å². The second-order valence-electron chi connectivity index (χ2n) is 5.80. The monoisotopic (exact) mass is 327 g/mol. The molecule has 0 saturated carbocycles. The van der Waals surface area contributed by atoms with Crippen LogP contribution < -0.4 is 28.3 Å². The van der Waals surface area contributed by atoms with Crippen molar-refractivity contribution in [3.63, 3.8) is 0 Å². The van der Waals surface area contributed by atoms with Gasteiger partial charge in [0.05, 0.1) is 0 Å². The van der Waals surface area contributed by atoms with Crippen molar-refractivity contribution in [1.82, 2.24) is 0 Å². The summed E-state index contributed by atoms with van der Waals surface area (Å²) in [7, 11) is 1.43. The van der Waals surface area contributed by atoms with E-state index < -0.39 is 17.2 Å². The first-order valence-electron chi connectivity index (χ1n) is 7.40. The van der Waals surface area contributed by atoms with E-state index in [1.54, 1.807) is 12.1 Å². The molecular formula is C16H21N7O. The number of hydrogen-bond donors (Lipinski definition) is 5. The van der Waals surface area contributed by atoms with Crippen LogP contribution in [0.2, 0.25) is 0 Å². The number of ether oxygens (including phenoxy) is 1. The van der Waals surface area contributed by atoms with Crippen molar-refractivity contribution in [3.05, 3.63) is 60.2 Å². The van der Waals surface area contributed by atoms with Gasteiger partial charge in [-0.25, -0.2) is 0 Å². The van der Waals surface area contributed by atoms with Gasteiger partial charge in [-0.3, -0.25) is 22.9 Å². The van der Waals surface area contributed by atoms with Crippen molar-refractivity contribution in [2.45, 2.75) is 17.2 Å². The Morgan fingerprint density at radius 1 is 0.792 bits per heavy atom. The Labute approximate surface area is 139 Å². The summed E-state index contributed by atoms with van der Waals surface area (Å²) in [6.45, 7) is 0. The van der Waals surface area contributed by atoms with Crippen molar-refractivity contribution >= 4 is 11.4 Å². The van der Waals surface area contributed by atoms with Crippen LogP contribution in [0.25, 0.3) is 0 Å². The zero-order valence-electron chi connectivity index (χ0n) is 13.3. The number of anilines is 2. The van der Waals surface area contributed by atoms with Gasteiger partial charge >= 0.3 is 0 Å². The quantitative estimate of drug-likeness (QED) is 0.526. The van der Waals surface area contributed by atoms with Crippen molar-refractivity contribution < 1.29 is 4.74 Å². The fraction of sp³-hybridized carbons (Fsp3) is 0.250. The molecule has 24 heavy (non-hydrogen) atoms. The van der Waals surface area contributed by atoms with E-state index in [1.165, 1.54) is 7.11 Å². The van der Waals surface area contributed by atoms with E-state index in [4.69, 9.17) is 27.7 Å². The Balaban J connectivity index is 1.95. The molecule has 3 rings (SSSR count). The van der Waals surface area contributed by atoms with Gasteiger partial charge in [0.15, 0.2) is 5.60 Å². The highest BCUT2D eigenvalue weighted by Gasteiger charge is 2.65. The van der Waals surface area contributed by atoms with Gasteiger partial charge in [0.1, 0.15) is 0 Å². The number of azo groups is 1. The predicted molar refractivity (Wildman–Crippen MR) is 91.9 cm³/mol. The van der Waals surface area contributed by atoms with Crippen molar-refractivity contribution in [2.75, 3.05) is 12.4 Å². The van der Waals surface area contributed by atoms with Crippen LogP contribution in [0.1, 0.15) is 5.56 Å². The number of para-hydroxylation sites is 1. The minimum atomic E-state index is -1.68. The molecule has 0 amide bonds. The highest BCUT2D eigenvalue weighted by molar-refractivity contribution is 5.60. The van der Waals surface area contributed by atoms with Crippen LogP contribution in [0, 0.1) is 0 Å². The summed E-state index contributed by atoms with van der Waals surface area (Å²) < 4.78 is 5.57. The van der Waals surface area contributed by atoms with E-state index in [0.717, 1.165) is 11.4 Å². The molecule has 0 radical (unpaired) electrons. The maximum atomic E-state index is 6.05. The molecule has 1 aliphatic rings. The lowest BCUT2D eigenvalue weighted by Gasteiger charge is -2.43. The molecule has 0 bridgehead atoms. The normalized spacial score (nSPS) is 20.0. The molecule has 9 N–H and O–H groups in total. The average Bonchev–Trinajstić information content (AvgIpc) is 2.75. The Kier molecular flexibility index (Phi) is 3.86. The van der Waals surface area contributed by atoms with Crippen LogP contribution in [0.4, 0.5) is 11.4 Å². The number of rotatable bonds is 4. The molecule has 0 atom stereocenters. The molecule has 2 aromatic carbocycles. The molecule has 0 saturated heterocycles. The van der Waals surface area contributed by atoms with Gasteiger partial charge in [0.2, 0.25) is 11.6 Å². The fourth-order valence-corrected chi connectivity index (χ4v) is 3.01. The van der Waals surface area contributed by atoms with Crippen LogP contribution in [-0.2, 0) is 10.3 Å². The topological polar surface area (TPSA) is 150 Å². The third-order valence-electron chi connectivity index (χ3n) is 4.17. The van der Waals surface area contributed by atoms with Crippen LogP contribution in [0.15, 0.2) is 64.8 Å². The molecule has 0 aliphatic carbocycles. The molecule has 8 heteroatoms. The lowest BCUT2D eigenvalue weighted by molar-refractivity contribution is -0.107. The Hall–Kier alpha value is -2.36. The number of nitrogens with one attached hydrogen (secondary N) is 1. The minimum Gasteiger partial charge on any atom is -0.363 e. The van der Waals surface area contributed by atoms with E-state index in [2.05, 4.69) is 15.5 Å². The molecule has 2 aromatic rings. The Morgan fingerprint density at radius 2 is 1.29 bits per heavy atom. The van der Waals surface area contributed by atoms with Crippen LogP contribution in [0.5, 0.6) is 0 Å². The molecule has 0 unspecified atom stereocenters. The van der Waals surface area contributed by atoms with Crippen molar-refractivity contribution in [3.8, 4) is 0 Å². The number of benzene rings is 2. The Bertz CT molecular complexity index is 723. The molecular weight excluding hydrogens is 306 g/mol. The van der Waals surface area contributed by atoms with Gasteiger partial charge in [-0.15, -0.1) is 10.2 Å². The summed E-state index contributed by atoms with van der Waals surface area (Å²) >= 11 is 0. The van der Waals surface area contributed by atoms with E-state index >= 15 is 0 Å². The predicted octanol–water partition coefficient (Wildman–Crippen LogP) is 0.880. The Morgan fingerprint density at radius 3 is 1.79 bits per heavy atom. The number of nitrogens with two attached hydrogens (primary N) is 4. The fourth-order valence-electron chi connectivity index (χ4n) is 3.01. The molecule has 126 valence electrons. The summed E-state index contributed by atoms with van der Waals surface area (Å²) in [6, 6.07) is 17.1. The number of methoxy groups -OCH3 is 1. The molecule has 8 nitrogen and oxygen atoms in total. The molecule has 0 fully saturated rings. The third-order valence-corrected chi connectivity index (χ3v) is 4.17. The van der Waals surface area contributed by atoms with Gasteiger partial charge in [0.25, 0.3) is 0 Å². The maximum absolute atomic E-state index is 6.05. The van der Waals surface area contributed by atoms with Crippen LogP contribution >= 0.6 is 0 Å². The summed E-state index contributed by atoms with van der Waals surface area (Å²) in [5.74, 6) is -3.36. The molecule has 1 heterocycles. The van der Waals surface area contributed by atoms with Crippen molar-refractivity contribution in [2.24, 2.45) is 33.2 Å². The first kappa shape index (κ1) is 16.5. The summed E-state index contributed by atoms with van der Waals surface area (Å²) in [4.78, 5) is 0. The zero-order valence-corrected chi connectivity index (χ0v) is 13.3. The molecule has 1 aliphatic heterocycles. The first-order valence-corrected chi connectivity index (χ1v) is 7.40. The van der Waals surface area contributed by atoms with E-state index in [1.807, 2.05) is 42.5 Å². The lowest BCUT2D eigenvalue weighted by atomic mass is 9.82. The van der Waals surface area contributed by atoms with Gasteiger partial charge in [-0.2, -0.15) is 0 Å². The highest BCUT2D eigenvalue weighted by Crippen LogP contribution is 2.44. The SMILES string of the molecule is COC1(c2ccc(Nc3ccccc3)cc2)C(N)(N)N=NC1(N)N. The minimum absolute atomic E-state index is 0.587. The first-order chi connectivity index (χ1) is 11.3. The highest BCUT2D eigenvalue weighted by atomic mass is 16.5. The van der Waals surface area contributed by atoms with Gasteiger partial charge in [0, 0.05) is 18.5 Å². The van der Waals surface area contributed by atoms with Crippen LogP contribution in [0.3, 0.4) is 0 Å². The summed E-state index contributed by atoms with van der Waals surface area (Å²) in [5, 5.41) is 10.9. The van der Waals surface area contributed by atoms with Crippen LogP contribution in [-0.4, -0.2) is 18.7 Å². The zero-order chi connectivity index (χ0) is 17.4. The summed E-state index contributed by atoms with van der Waals surface area (Å²) in [5.41, 5.74) is 25.2. The van der Waals surface area contributed by atoms with E-state index in [9.17, 15) is 0 Å². The smallest absolute Gasteiger partial charge is 0.219 e. The van der Waals surface area contributed by atoms with E-state index in [-0.39, 0.29) is 0 Å². The van der Waals surface area contributed by atoms with E-state index in [0.29, 0.717) is 5.56 Å². The van der Waals surface area contributed by atoms with Gasteiger partial charge < -0.3 is 10.1 Å². The largest absolute Gasteiger partial charge is 0.363 e. The summed E-state index contributed by atoms with van der Waals surface area (Å²) in [6.07, 6.45) is 0. The lowest BCUT2D eigenvalue weighted by Crippen LogP contribution is -2.75. The molecule has 0 aromatic heterocycles. The average molecular weight is 327 g/mol. The maximum Gasteiger partial charge on any atom is 0.219 e. The number of nitrogens with zero attached hydrogens (tertiary/aromatic N) is 2. The standard InChI is InChI=1S/C16H21N7O/c1-24-14(15(17,18)22-23-16(14,19)20)11-7-9-13(10-8-11)21-12-5-3-2-4-6-12/h2-10,21H,17-20H2,1H3. The second-order valence-corrected chi connectivity index (χ2v) is 5.80. The second kappa shape index (κ2) is 5.62. The number of hydrogen-bond acceptors (Lipinski definition) is 8.